The van der Waals surface area contributed by atoms with Crippen LogP contribution in [0.1, 0.15) is 23.6 Å². The van der Waals surface area contributed by atoms with Gasteiger partial charge in [-0.1, -0.05) is 18.2 Å². The maximum atomic E-state index is 5.38. The lowest BCUT2D eigenvalue weighted by Crippen LogP contribution is -2.10. The Morgan fingerprint density at radius 1 is 1.04 bits per heavy atom. The summed E-state index contributed by atoms with van der Waals surface area (Å²) in [4.78, 5) is 1.26. The van der Waals surface area contributed by atoms with E-state index in [1.54, 1.807) is 26.0 Å². The largest absolute Gasteiger partial charge is 0.493 e. The molecule has 2 aromatic rings. The molecular formula is C18H20N2O2S. The van der Waals surface area contributed by atoms with E-state index in [-0.39, 0.29) is 6.04 Å². The molecule has 0 aliphatic carbocycles. The summed E-state index contributed by atoms with van der Waals surface area (Å²) in [7, 11) is 3.30. The van der Waals surface area contributed by atoms with Crippen LogP contribution in [0.25, 0.3) is 0 Å². The summed E-state index contributed by atoms with van der Waals surface area (Å²) >= 11 is 1.74. The number of ether oxygens (including phenoxy) is 2. The van der Waals surface area contributed by atoms with Gasteiger partial charge in [-0.25, -0.2) is 0 Å². The van der Waals surface area contributed by atoms with Crippen LogP contribution >= 0.6 is 11.8 Å². The summed E-state index contributed by atoms with van der Waals surface area (Å²) in [6, 6.07) is 14.7. The minimum Gasteiger partial charge on any atom is -0.493 e. The third-order valence-corrected chi connectivity index (χ3v) is 4.73. The molecule has 0 radical (unpaired) electrons. The van der Waals surface area contributed by atoms with E-state index in [0.29, 0.717) is 0 Å². The number of hydrazone groups is 1. The molecule has 4 nitrogen and oxygen atoms in total. The van der Waals surface area contributed by atoms with Gasteiger partial charge in [-0.3, -0.25) is 0 Å². The second-order valence-corrected chi connectivity index (χ2v) is 6.17. The Hall–Kier alpha value is -2.14. The molecule has 1 atom stereocenters. The molecule has 0 amide bonds. The topological polar surface area (TPSA) is 42.8 Å². The van der Waals surface area contributed by atoms with Gasteiger partial charge in [0.15, 0.2) is 11.5 Å². The molecule has 1 unspecified atom stereocenters. The molecule has 1 aliphatic rings. The Balaban J connectivity index is 1.75. The quantitative estimate of drug-likeness (QED) is 0.846. The van der Waals surface area contributed by atoms with Gasteiger partial charge in [0.1, 0.15) is 0 Å². The van der Waals surface area contributed by atoms with Crippen molar-refractivity contribution in [1.82, 2.24) is 5.43 Å². The highest BCUT2D eigenvalue weighted by Crippen LogP contribution is 2.33. The summed E-state index contributed by atoms with van der Waals surface area (Å²) < 4.78 is 10.7. The van der Waals surface area contributed by atoms with Crippen molar-refractivity contribution in [2.24, 2.45) is 5.10 Å². The molecule has 2 aromatic carbocycles. The molecule has 5 heteroatoms. The minimum absolute atomic E-state index is 0.157. The van der Waals surface area contributed by atoms with Crippen molar-refractivity contribution in [3.05, 3.63) is 53.6 Å². The average Bonchev–Trinajstić information content (AvgIpc) is 3.11. The monoisotopic (exact) mass is 328 g/mol. The zero-order valence-corrected chi connectivity index (χ0v) is 14.3. The van der Waals surface area contributed by atoms with E-state index < -0.39 is 0 Å². The van der Waals surface area contributed by atoms with Gasteiger partial charge in [-0.05, 0) is 41.6 Å². The van der Waals surface area contributed by atoms with Gasteiger partial charge >= 0.3 is 0 Å². The fourth-order valence-corrected chi connectivity index (χ4v) is 3.08. The third-order valence-electron chi connectivity index (χ3n) is 3.99. The molecule has 0 spiro atoms. The molecule has 23 heavy (non-hydrogen) atoms. The molecule has 0 saturated carbocycles. The van der Waals surface area contributed by atoms with Gasteiger partial charge in [-0.15, -0.1) is 11.8 Å². The molecule has 1 heterocycles. The van der Waals surface area contributed by atoms with E-state index in [2.05, 4.69) is 41.0 Å². The molecule has 120 valence electrons. The lowest BCUT2D eigenvalue weighted by molar-refractivity contribution is 0.354. The Bertz CT molecular complexity index is 713. The number of hydrogen-bond donors (Lipinski definition) is 1. The van der Waals surface area contributed by atoms with E-state index >= 15 is 0 Å². The maximum Gasteiger partial charge on any atom is 0.161 e. The molecule has 0 fully saturated rings. The lowest BCUT2D eigenvalue weighted by atomic mass is 9.99. The zero-order valence-electron chi connectivity index (χ0n) is 13.5. The van der Waals surface area contributed by atoms with E-state index in [1.165, 1.54) is 10.5 Å². The Kier molecular flexibility index (Phi) is 4.76. The molecule has 0 aromatic heterocycles. The van der Waals surface area contributed by atoms with Crippen LogP contribution in [0, 0.1) is 0 Å². The first-order valence-electron chi connectivity index (χ1n) is 7.43. The Morgan fingerprint density at radius 2 is 1.78 bits per heavy atom. The van der Waals surface area contributed by atoms with E-state index in [4.69, 9.17) is 9.47 Å². The predicted molar refractivity (Wildman–Crippen MR) is 94.8 cm³/mol. The maximum absolute atomic E-state index is 5.38. The number of nitrogens with zero attached hydrogens (tertiary/aromatic N) is 1. The van der Waals surface area contributed by atoms with Crippen molar-refractivity contribution >= 4 is 17.5 Å². The van der Waals surface area contributed by atoms with Crippen LogP contribution in [0.4, 0.5) is 0 Å². The van der Waals surface area contributed by atoms with Crippen LogP contribution < -0.4 is 14.9 Å². The summed E-state index contributed by atoms with van der Waals surface area (Å²) in [5.41, 5.74) is 6.61. The number of benzene rings is 2. The number of rotatable bonds is 5. The number of nitrogens with one attached hydrogen (secondary N) is 1. The highest BCUT2D eigenvalue weighted by Gasteiger charge is 2.22. The summed E-state index contributed by atoms with van der Waals surface area (Å²) in [6.45, 7) is 0. The smallest absolute Gasteiger partial charge is 0.161 e. The highest BCUT2D eigenvalue weighted by atomic mass is 32.2. The van der Waals surface area contributed by atoms with Gasteiger partial charge in [0.05, 0.1) is 26.0 Å². The van der Waals surface area contributed by atoms with Crippen LogP contribution in [-0.2, 0) is 0 Å². The second-order valence-electron chi connectivity index (χ2n) is 5.29. The third kappa shape index (κ3) is 3.29. The van der Waals surface area contributed by atoms with Crippen LogP contribution in [0.2, 0.25) is 0 Å². The average molecular weight is 328 g/mol. The van der Waals surface area contributed by atoms with E-state index in [0.717, 1.165) is 29.2 Å². The van der Waals surface area contributed by atoms with Gasteiger partial charge in [0.2, 0.25) is 0 Å². The first kappa shape index (κ1) is 15.7. The summed E-state index contributed by atoms with van der Waals surface area (Å²) in [6.07, 6.45) is 2.94. The lowest BCUT2D eigenvalue weighted by Gasteiger charge is -2.14. The molecule has 1 aliphatic heterocycles. The normalized spacial score (nSPS) is 16.7. The number of thioether (sulfide) groups is 1. The van der Waals surface area contributed by atoms with E-state index in [1.807, 2.05) is 18.2 Å². The number of hydrogen-bond acceptors (Lipinski definition) is 5. The fourth-order valence-electron chi connectivity index (χ4n) is 2.67. The minimum atomic E-state index is 0.157. The predicted octanol–water partition coefficient (Wildman–Crippen LogP) is 3.86. The van der Waals surface area contributed by atoms with Crippen LogP contribution in [-0.4, -0.2) is 26.2 Å². The van der Waals surface area contributed by atoms with Crippen molar-refractivity contribution in [3.8, 4) is 11.5 Å². The van der Waals surface area contributed by atoms with Crippen LogP contribution in [0.15, 0.2) is 52.5 Å². The molecule has 0 bridgehead atoms. The number of methoxy groups -OCH3 is 2. The summed E-state index contributed by atoms with van der Waals surface area (Å²) in [5, 5.41) is 4.51. The van der Waals surface area contributed by atoms with Crippen molar-refractivity contribution in [2.45, 2.75) is 17.4 Å². The molecule has 0 saturated heterocycles. The molecule has 3 rings (SSSR count). The van der Waals surface area contributed by atoms with Gasteiger partial charge in [-0.2, -0.15) is 5.10 Å². The van der Waals surface area contributed by atoms with Gasteiger partial charge in [0, 0.05) is 11.3 Å². The zero-order chi connectivity index (χ0) is 16.2. The highest BCUT2D eigenvalue weighted by molar-refractivity contribution is 7.98. The van der Waals surface area contributed by atoms with Gasteiger partial charge < -0.3 is 14.9 Å². The van der Waals surface area contributed by atoms with Crippen molar-refractivity contribution < 1.29 is 9.47 Å². The first-order valence-corrected chi connectivity index (χ1v) is 8.66. The first-order chi connectivity index (χ1) is 11.2. The molecule has 1 N–H and O–H groups in total. The second kappa shape index (κ2) is 6.96. The van der Waals surface area contributed by atoms with E-state index in [9.17, 15) is 0 Å². The Labute approximate surface area is 140 Å². The van der Waals surface area contributed by atoms with Crippen molar-refractivity contribution in [1.29, 1.82) is 0 Å². The SMILES string of the molecule is COc1ccc(C2CC(c3ccc(SC)cc3)=NN2)cc1OC. The summed E-state index contributed by atoms with van der Waals surface area (Å²) in [5.74, 6) is 1.48. The van der Waals surface area contributed by atoms with Gasteiger partial charge in [0.25, 0.3) is 0 Å². The van der Waals surface area contributed by atoms with Crippen molar-refractivity contribution in [3.63, 3.8) is 0 Å². The van der Waals surface area contributed by atoms with Crippen molar-refractivity contribution in [2.75, 3.05) is 20.5 Å². The fraction of sp³-hybridized carbons (Fsp3) is 0.278. The molecular weight excluding hydrogens is 308 g/mol. The van der Waals surface area contributed by atoms with Crippen LogP contribution in [0.3, 0.4) is 0 Å². The van der Waals surface area contributed by atoms with Crippen LogP contribution in [0.5, 0.6) is 11.5 Å². The standard InChI is InChI=1S/C18H20N2O2S/c1-21-17-9-6-13(10-18(17)22-2)16-11-15(19-20-16)12-4-7-14(23-3)8-5-12/h4-10,16,20H,11H2,1-3H3. The Morgan fingerprint density at radius 3 is 2.43 bits per heavy atom.